The van der Waals surface area contributed by atoms with Gasteiger partial charge < -0.3 is 20.1 Å². The number of hydrogen-bond donors (Lipinski definition) is 2. The number of nitrogens with one attached hydrogen (secondary N) is 2. The molecule has 0 unspecified atom stereocenters. The first-order valence-electron chi connectivity index (χ1n) is 10.7. The number of rotatable bonds is 2. The lowest BCUT2D eigenvalue weighted by Gasteiger charge is -2.30. The Bertz CT molecular complexity index is 1250. The molecule has 0 amide bonds. The predicted octanol–water partition coefficient (Wildman–Crippen LogP) is 6.05. The van der Waals surface area contributed by atoms with E-state index >= 15 is 0 Å². The molecule has 0 saturated heterocycles. The Balaban J connectivity index is 1.45. The second-order valence-electron chi connectivity index (χ2n) is 8.33. The zero-order valence-corrected chi connectivity index (χ0v) is 18.0. The van der Waals surface area contributed by atoms with Gasteiger partial charge in [-0.05, 0) is 59.9 Å². The van der Waals surface area contributed by atoms with Crippen LogP contribution in [0.2, 0.25) is 5.02 Å². The molecule has 1 aliphatic carbocycles. The Morgan fingerprint density at radius 2 is 1.59 bits per heavy atom. The average molecular weight is 445 g/mol. The maximum absolute atomic E-state index is 13.6. The highest BCUT2D eigenvalue weighted by atomic mass is 35.5. The summed E-state index contributed by atoms with van der Waals surface area (Å²) >= 11 is 6.08. The number of anilines is 2. The molecule has 2 aliphatic heterocycles. The average Bonchev–Trinajstić information content (AvgIpc) is 3.20. The largest absolute Gasteiger partial charge is 0.454 e. The predicted molar refractivity (Wildman–Crippen MR) is 124 cm³/mol. The Morgan fingerprint density at radius 1 is 0.844 bits per heavy atom. The third kappa shape index (κ3) is 3.30. The third-order valence-electron chi connectivity index (χ3n) is 6.38. The molecule has 0 bridgehead atoms. The van der Waals surface area contributed by atoms with E-state index in [9.17, 15) is 4.79 Å². The number of benzene rings is 3. The summed E-state index contributed by atoms with van der Waals surface area (Å²) in [5.74, 6) is 1.68. The molecule has 0 fully saturated rings. The number of ether oxygens (including phenoxy) is 2. The molecule has 3 aromatic rings. The second kappa shape index (κ2) is 7.61. The van der Waals surface area contributed by atoms with E-state index in [0.717, 1.165) is 45.9 Å². The van der Waals surface area contributed by atoms with Crippen molar-refractivity contribution in [1.82, 2.24) is 0 Å². The van der Waals surface area contributed by atoms with Crippen LogP contribution >= 0.6 is 11.6 Å². The van der Waals surface area contributed by atoms with Crippen LogP contribution in [0.15, 0.2) is 78.0 Å². The van der Waals surface area contributed by atoms with Gasteiger partial charge in [-0.1, -0.05) is 41.9 Å². The van der Waals surface area contributed by atoms with Crippen molar-refractivity contribution >= 4 is 28.8 Å². The van der Waals surface area contributed by atoms with E-state index in [1.165, 1.54) is 0 Å². The zero-order valence-electron chi connectivity index (χ0n) is 17.2. The summed E-state index contributed by atoms with van der Waals surface area (Å²) in [4.78, 5) is 13.6. The number of Topliss-reactive ketones (excluding diaryl/α,β-unsaturated/α-hetero) is 1. The lowest BCUT2D eigenvalue weighted by Crippen LogP contribution is -2.26. The second-order valence-corrected chi connectivity index (χ2v) is 8.77. The minimum Gasteiger partial charge on any atom is -0.454 e. The molecule has 6 heteroatoms. The van der Waals surface area contributed by atoms with Gasteiger partial charge in [0.05, 0.1) is 17.4 Å². The molecule has 0 spiro atoms. The molecule has 2 heterocycles. The smallest absolute Gasteiger partial charge is 0.231 e. The fraction of sp³-hybridized carbons (Fsp3) is 0.192. The van der Waals surface area contributed by atoms with Crippen molar-refractivity contribution in [3.63, 3.8) is 0 Å². The number of carbonyl (C=O) groups excluding carboxylic acids is 1. The highest BCUT2D eigenvalue weighted by molar-refractivity contribution is 6.30. The van der Waals surface area contributed by atoms with Gasteiger partial charge in [0.15, 0.2) is 17.3 Å². The van der Waals surface area contributed by atoms with Crippen LogP contribution in [-0.4, -0.2) is 12.6 Å². The van der Waals surface area contributed by atoms with Crippen LogP contribution in [0.5, 0.6) is 11.5 Å². The standard InChI is InChI=1S/C26H21ClN2O3/c27-18-8-5-15(6-9-18)17-11-21-25(22(30)12-17)26(29-20-4-2-1-3-19(20)28-21)16-7-10-23-24(13-16)32-14-31-23/h1-10,13,17,26,28-29H,11-12,14H2/t17-,26+/m1/s1. The van der Waals surface area contributed by atoms with Crippen LogP contribution in [0, 0.1) is 0 Å². The Labute approximate surface area is 191 Å². The van der Waals surface area contributed by atoms with Crippen LogP contribution in [0.1, 0.15) is 35.9 Å². The molecule has 5 nitrogen and oxygen atoms in total. The topological polar surface area (TPSA) is 59.6 Å². The number of halogens is 1. The molecular formula is C26H21ClN2O3. The summed E-state index contributed by atoms with van der Waals surface area (Å²) in [5, 5.41) is 7.87. The van der Waals surface area contributed by atoms with Gasteiger partial charge in [0.1, 0.15) is 0 Å². The summed E-state index contributed by atoms with van der Waals surface area (Å²) in [6, 6.07) is 21.5. The monoisotopic (exact) mass is 444 g/mol. The van der Waals surface area contributed by atoms with Gasteiger partial charge in [-0.3, -0.25) is 4.79 Å². The van der Waals surface area contributed by atoms with Crippen LogP contribution in [0.4, 0.5) is 11.4 Å². The number of fused-ring (bicyclic) bond motifs is 2. The number of carbonyl (C=O) groups is 1. The van der Waals surface area contributed by atoms with Crippen LogP contribution in [0.25, 0.3) is 0 Å². The summed E-state index contributed by atoms with van der Waals surface area (Å²) in [6.45, 7) is 0.219. The zero-order chi connectivity index (χ0) is 21.7. The first kappa shape index (κ1) is 19.3. The first-order chi connectivity index (χ1) is 15.7. The molecule has 6 rings (SSSR count). The number of allylic oxidation sites excluding steroid dienone is 1. The van der Waals surface area contributed by atoms with E-state index in [-0.39, 0.29) is 24.5 Å². The molecule has 3 aliphatic rings. The highest BCUT2D eigenvalue weighted by Gasteiger charge is 2.36. The van der Waals surface area contributed by atoms with E-state index in [1.54, 1.807) is 0 Å². The Kier molecular flexibility index (Phi) is 4.58. The molecule has 0 aromatic heterocycles. The van der Waals surface area contributed by atoms with E-state index < -0.39 is 0 Å². The van der Waals surface area contributed by atoms with Crippen LogP contribution in [0.3, 0.4) is 0 Å². The molecule has 0 saturated carbocycles. The fourth-order valence-electron chi connectivity index (χ4n) is 4.81. The summed E-state index contributed by atoms with van der Waals surface area (Å²) in [5.41, 5.74) is 5.76. The molecule has 2 N–H and O–H groups in total. The van der Waals surface area contributed by atoms with Crippen LogP contribution in [-0.2, 0) is 4.79 Å². The van der Waals surface area contributed by atoms with Crippen molar-refractivity contribution in [3.8, 4) is 11.5 Å². The number of ketones is 1. The van der Waals surface area contributed by atoms with Gasteiger partial charge in [-0.25, -0.2) is 0 Å². The van der Waals surface area contributed by atoms with E-state index in [4.69, 9.17) is 21.1 Å². The van der Waals surface area contributed by atoms with Gasteiger partial charge >= 0.3 is 0 Å². The number of hydrogen-bond acceptors (Lipinski definition) is 5. The quantitative estimate of drug-likeness (QED) is 0.504. The van der Waals surface area contributed by atoms with Crippen LogP contribution < -0.4 is 20.1 Å². The lowest BCUT2D eigenvalue weighted by molar-refractivity contribution is -0.116. The van der Waals surface area contributed by atoms with Crippen molar-refractivity contribution in [2.75, 3.05) is 17.4 Å². The van der Waals surface area contributed by atoms with E-state index in [0.29, 0.717) is 17.2 Å². The lowest BCUT2D eigenvalue weighted by atomic mass is 9.78. The van der Waals surface area contributed by atoms with Gasteiger partial charge in [0, 0.05) is 22.7 Å². The third-order valence-corrected chi connectivity index (χ3v) is 6.63. The molecule has 3 aromatic carbocycles. The summed E-state index contributed by atoms with van der Waals surface area (Å²) in [7, 11) is 0. The minimum atomic E-state index is -0.283. The maximum atomic E-state index is 13.6. The summed E-state index contributed by atoms with van der Waals surface area (Å²) in [6.07, 6.45) is 1.21. The SMILES string of the molecule is O=C1C[C@H](c2ccc(Cl)cc2)CC2=C1[C@H](c1ccc3c(c1)OCO3)Nc1ccccc1N2. The first-order valence-corrected chi connectivity index (χ1v) is 11.1. The van der Waals surface area contributed by atoms with Crippen molar-refractivity contribution in [3.05, 3.63) is 94.1 Å². The van der Waals surface area contributed by atoms with E-state index in [2.05, 4.69) is 10.6 Å². The number of para-hydroxylation sites is 2. The van der Waals surface area contributed by atoms with Gasteiger partial charge in [-0.2, -0.15) is 0 Å². The molecule has 2 atom stereocenters. The van der Waals surface area contributed by atoms with Crippen molar-refractivity contribution in [2.24, 2.45) is 0 Å². The van der Waals surface area contributed by atoms with Crippen molar-refractivity contribution < 1.29 is 14.3 Å². The maximum Gasteiger partial charge on any atom is 0.231 e. The Morgan fingerprint density at radius 3 is 2.44 bits per heavy atom. The van der Waals surface area contributed by atoms with Gasteiger partial charge in [0.2, 0.25) is 6.79 Å². The van der Waals surface area contributed by atoms with E-state index in [1.807, 2.05) is 66.7 Å². The highest BCUT2D eigenvalue weighted by Crippen LogP contribution is 2.45. The Hall–Kier alpha value is -3.44. The molecule has 0 radical (unpaired) electrons. The normalized spacial score (nSPS) is 21.2. The van der Waals surface area contributed by atoms with Gasteiger partial charge in [0.25, 0.3) is 0 Å². The molecular weight excluding hydrogens is 424 g/mol. The molecule has 160 valence electrons. The van der Waals surface area contributed by atoms with Crippen molar-refractivity contribution in [2.45, 2.75) is 24.8 Å². The fourth-order valence-corrected chi connectivity index (χ4v) is 4.93. The molecule has 32 heavy (non-hydrogen) atoms. The summed E-state index contributed by atoms with van der Waals surface area (Å²) < 4.78 is 11.1. The van der Waals surface area contributed by atoms with Crippen molar-refractivity contribution in [1.29, 1.82) is 0 Å². The van der Waals surface area contributed by atoms with Gasteiger partial charge in [-0.15, -0.1) is 0 Å². The minimum absolute atomic E-state index is 0.105.